The summed E-state index contributed by atoms with van der Waals surface area (Å²) < 4.78 is 5.18. The quantitative estimate of drug-likeness (QED) is 0.844. The van der Waals surface area contributed by atoms with E-state index in [1.54, 1.807) is 7.11 Å². The second-order valence-electron chi connectivity index (χ2n) is 5.89. The summed E-state index contributed by atoms with van der Waals surface area (Å²) in [6.07, 6.45) is 3.09. The summed E-state index contributed by atoms with van der Waals surface area (Å²) in [5.41, 5.74) is 0. The summed E-state index contributed by atoms with van der Waals surface area (Å²) in [5, 5.41) is 8.81. The molecule has 6 heteroatoms. The molecule has 2 saturated heterocycles. The van der Waals surface area contributed by atoms with Gasteiger partial charge in [-0.25, -0.2) is 4.79 Å². The number of methoxy groups -OCH3 is 1. The van der Waals surface area contributed by atoms with Gasteiger partial charge in [0.15, 0.2) is 0 Å². The first kappa shape index (κ1) is 15.1. The third-order valence-corrected chi connectivity index (χ3v) is 4.21. The van der Waals surface area contributed by atoms with Crippen LogP contribution in [0.25, 0.3) is 0 Å². The van der Waals surface area contributed by atoms with Crippen molar-refractivity contribution in [2.45, 2.75) is 25.7 Å². The zero-order valence-corrected chi connectivity index (χ0v) is 12.1. The van der Waals surface area contributed by atoms with Crippen molar-refractivity contribution in [3.8, 4) is 0 Å². The lowest BCUT2D eigenvalue weighted by atomic mass is 9.99. The molecule has 114 valence electrons. The van der Waals surface area contributed by atoms with Crippen LogP contribution in [0.1, 0.15) is 25.7 Å². The zero-order valence-electron chi connectivity index (χ0n) is 12.1. The molecule has 0 spiro atoms. The fourth-order valence-electron chi connectivity index (χ4n) is 3.23. The van der Waals surface area contributed by atoms with Gasteiger partial charge in [-0.2, -0.15) is 0 Å². The van der Waals surface area contributed by atoms with Crippen molar-refractivity contribution in [3.63, 3.8) is 0 Å². The van der Waals surface area contributed by atoms with E-state index in [4.69, 9.17) is 9.84 Å². The minimum absolute atomic E-state index is 0.0682. The molecule has 2 aliphatic heterocycles. The van der Waals surface area contributed by atoms with Gasteiger partial charge in [0.2, 0.25) is 0 Å². The maximum absolute atomic E-state index is 12.4. The fraction of sp³-hybridized carbons (Fsp3) is 0.857. The van der Waals surface area contributed by atoms with Crippen LogP contribution in [0.2, 0.25) is 0 Å². The van der Waals surface area contributed by atoms with Gasteiger partial charge in [0, 0.05) is 45.6 Å². The van der Waals surface area contributed by atoms with Crippen LogP contribution in [-0.2, 0) is 9.53 Å². The van der Waals surface area contributed by atoms with Crippen molar-refractivity contribution >= 4 is 12.0 Å². The highest BCUT2D eigenvalue weighted by Gasteiger charge is 2.32. The monoisotopic (exact) mass is 284 g/mol. The van der Waals surface area contributed by atoms with Gasteiger partial charge in [0.1, 0.15) is 0 Å². The molecule has 2 atom stereocenters. The van der Waals surface area contributed by atoms with E-state index < -0.39 is 5.97 Å². The molecule has 0 aromatic heterocycles. The van der Waals surface area contributed by atoms with Crippen LogP contribution < -0.4 is 0 Å². The van der Waals surface area contributed by atoms with Crippen LogP contribution in [0.5, 0.6) is 0 Å². The number of rotatable bonds is 4. The molecule has 2 amide bonds. The van der Waals surface area contributed by atoms with Crippen molar-refractivity contribution in [3.05, 3.63) is 0 Å². The van der Waals surface area contributed by atoms with Crippen molar-refractivity contribution in [1.82, 2.24) is 9.80 Å². The highest BCUT2D eigenvalue weighted by molar-refractivity contribution is 5.75. The molecule has 2 fully saturated rings. The Morgan fingerprint density at radius 2 is 1.85 bits per heavy atom. The Bertz CT molecular complexity index is 359. The van der Waals surface area contributed by atoms with Crippen LogP contribution in [0.3, 0.4) is 0 Å². The summed E-state index contributed by atoms with van der Waals surface area (Å²) in [6.45, 7) is 3.52. The van der Waals surface area contributed by atoms with E-state index in [9.17, 15) is 9.59 Å². The number of nitrogens with zero attached hydrogens (tertiary/aromatic N) is 2. The molecule has 0 saturated carbocycles. The number of hydrogen-bond acceptors (Lipinski definition) is 3. The Morgan fingerprint density at radius 1 is 1.15 bits per heavy atom. The second kappa shape index (κ2) is 6.92. The SMILES string of the molecule is COCC1CCCN(C(=O)N2CCC(CC(=O)O)C2)C1. The smallest absolute Gasteiger partial charge is 0.320 e. The Hall–Kier alpha value is -1.30. The molecule has 0 aromatic rings. The average molecular weight is 284 g/mol. The van der Waals surface area contributed by atoms with Gasteiger partial charge in [-0.15, -0.1) is 0 Å². The Kier molecular flexibility index (Phi) is 5.23. The summed E-state index contributed by atoms with van der Waals surface area (Å²) in [7, 11) is 1.69. The van der Waals surface area contributed by atoms with E-state index in [0.29, 0.717) is 25.6 Å². The maximum Gasteiger partial charge on any atom is 0.320 e. The summed E-state index contributed by atoms with van der Waals surface area (Å²) >= 11 is 0. The normalized spacial score (nSPS) is 26.9. The Morgan fingerprint density at radius 3 is 2.55 bits per heavy atom. The minimum atomic E-state index is -0.776. The molecule has 2 unspecified atom stereocenters. The lowest BCUT2D eigenvalue weighted by molar-refractivity contribution is -0.138. The van der Waals surface area contributed by atoms with Crippen molar-refractivity contribution in [1.29, 1.82) is 0 Å². The highest BCUT2D eigenvalue weighted by Crippen LogP contribution is 2.23. The van der Waals surface area contributed by atoms with Crippen molar-refractivity contribution in [2.75, 3.05) is 39.9 Å². The molecule has 20 heavy (non-hydrogen) atoms. The number of likely N-dealkylation sites (tertiary alicyclic amines) is 2. The van der Waals surface area contributed by atoms with Gasteiger partial charge < -0.3 is 19.6 Å². The van der Waals surface area contributed by atoms with E-state index in [2.05, 4.69) is 0 Å². The van der Waals surface area contributed by atoms with Crippen LogP contribution in [-0.4, -0.2) is 66.8 Å². The highest BCUT2D eigenvalue weighted by atomic mass is 16.5. The molecule has 0 aromatic carbocycles. The number of aliphatic carboxylic acids is 1. The molecule has 0 radical (unpaired) electrons. The minimum Gasteiger partial charge on any atom is -0.481 e. The van der Waals surface area contributed by atoms with E-state index in [1.807, 2.05) is 9.80 Å². The largest absolute Gasteiger partial charge is 0.481 e. The lowest BCUT2D eigenvalue weighted by Crippen LogP contribution is -2.47. The number of piperidine rings is 1. The first-order valence-corrected chi connectivity index (χ1v) is 7.34. The number of hydrogen-bond donors (Lipinski definition) is 1. The number of carboxylic acid groups (broad SMARTS) is 1. The number of urea groups is 1. The topological polar surface area (TPSA) is 70.1 Å². The number of carbonyl (C=O) groups is 2. The van der Waals surface area contributed by atoms with E-state index in [-0.39, 0.29) is 18.4 Å². The first-order valence-electron chi connectivity index (χ1n) is 7.34. The van der Waals surface area contributed by atoms with Crippen LogP contribution in [0.15, 0.2) is 0 Å². The van der Waals surface area contributed by atoms with Crippen LogP contribution >= 0.6 is 0 Å². The van der Waals surface area contributed by atoms with Crippen LogP contribution in [0.4, 0.5) is 4.79 Å². The van der Waals surface area contributed by atoms with Gasteiger partial charge in [0.05, 0.1) is 6.61 Å². The predicted octanol–water partition coefficient (Wildman–Crippen LogP) is 1.26. The number of carbonyl (C=O) groups excluding carboxylic acids is 1. The number of amides is 2. The van der Waals surface area contributed by atoms with Gasteiger partial charge >= 0.3 is 12.0 Å². The summed E-state index contributed by atoms with van der Waals surface area (Å²) in [6, 6.07) is 0.0682. The Labute approximate surface area is 119 Å². The maximum atomic E-state index is 12.4. The van der Waals surface area contributed by atoms with Gasteiger partial charge in [-0.05, 0) is 25.2 Å². The van der Waals surface area contributed by atoms with Gasteiger partial charge in [0.25, 0.3) is 0 Å². The Balaban J connectivity index is 1.83. The fourth-order valence-corrected chi connectivity index (χ4v) is 3.23. The standard InChI is InChI=1S/C14H24N2O4/c1-20-10-12-3-2-5-15(9-12)14(19)16-6-4-11(8-16)7-13(17)18/h11-12H,2-10H2,1H3,(H,17,18). The average Bonchev–Trinajstić information content (AvgIpc) is 2.86. The first-order chi connectivity index (χ1) is 9.60. The van der Waals surface area contributed by atoms with E-state index in [1.165, 1.54) is 0 Å². The molecule has 6 nitrogen and oxygen atoms in total. The molecule has 2 rings (SSSR count). The third-order valence-electron chi connectivity index (χ3n) is 4.21. The molecule has 0 aliphatic carbocycles. The van der Waals surface area contributed by atoms with Crippen molar-refractivity contribution in [2.24, 2.45) is 11.8 Å². The van der Waals surface area contributed by atoms with E-state index >= 15 is 0 Å². The van der Waals surface area contributed by atoms with E-state index in [0.717, 1.165) is 32.4 Å². The third kappa shape index (κ3) is 3.85. The van der Waals surface area contributed by atoms with Gasteiger partial charge in [-0.1, -0.05) is 0 Å². The predicted molar refractivity (Wildman–Crippen MR) is 73.5 cm³/mol. The molecular formula is C14H24N2O4. The second-order valence-corrected chi connectivity index (χ2v) is 5.89. The number of ether oxygens (including phenoxy) is 1. The van der Waals surface area contributed by atoms with Gasteiger partial charge in [-0.3, -0.25) is 4.79 Å². The lowest BCUT2D eigenvalue weighted by Gasteiger charge is -2.35. The molecule has 0 bridgehead atoms. The summed E-state index contributed by atoms with van der Waals surface area (Å²) in [5.74, 6) is -0.242. The number of carboxylic acids is 1. The summed E-state index contributed by atoms with van der Waals surface area (Å²) in [4.78, 5) is 26.9. The molecule has 1 N–H and O–H groups in total. The van der Waals surface area contributed by atoms with Crippen molar-refractivity contribution < 1.29 is 19.4 Å². The zero-order chi connectivity index (χ0) is 14.5. The molecule has 2 aliphatic rings. The van der Waals surface area contributed by atoms with Crippen LogP contribution in [0, 0.1) is 11.8 Å². The molecule has 2 heterocycles. The molecular weight excluding hydrogens is 260 g/mol.